The smallest absolute Gasteiger partial charge is 0.0994 e. The number of nitriles is 1. The van der Waals surface area contributed by atoms with Gasteiger partial charge in [0.05, 0.1) is 17.7 Å². The number of nitrogens with one attached hydrogen (secondary N) is 1. The molecule has 1 fully saturated rings. The van der Waals surface area contributed by atoms with Crippen LogP contribution in [-0.4, -0.2) is 17.3 Å². The molecule has 0 spiro atoms. The van der Waals surface area contributed by atoms with Crippen molar-refractivity contribution in [2.75, 3.05) is 5.32 Å². The third kappa shape index (κ3) is 2.11. The number of rotatable bonds is 2. The number of benzene rings is 1. The fraction of sp³-hybridized carbons (Fsp3) is 0.417. The molecule has 2 N–H and O–H groups in total. The van der Waals surface area contributed by atoms with Gasteiger partial charge in [-0.15, -0.1) is 0 Å². The predicted molar refractivity (Wildman–Crippen MR) is 58.5 cm³/mol. The summed E-state index contributed by atoms with van der Waals surface area (Å²) in [4.78, 5) is 0. The van der Waals surface area contributed by atoms with Gasteiger partial charge in [0.1, 0.15) is 0 Å². The lowest BCUT2D eigenvalue weighted by Crippen LogP contribution is -2.38. The summed E-state index contributed by atoms with van der Waals surface area (Å²) in [7, 11) is 0. The van der Waals surface area contributed by atoms with Crippen molar-refractivity contribution in [3.8, 4) is 6.07 Å². The van der Waals surface area contributed by atoms with Crippen LogP contribution in [0.2, 0.25) is 0 Å². The molecule has 0 radical (unpaired) electrons. The second kappa shape index (κ2) is 3.92. The number of aliphatic hydroxyl groups is 1. The van der Waals surface area contributed by atoms with Crippen molar-refractivity contribution in [3.05, 3.63) is 29.3 Å². The second-order valence-electron chi connectivity index (χ2n) is 4.11. The van der Waals surface area contributed by atoms with Gasteiger partial charge in [0.15, 0.2) is 0 Å². The lowest BCUT2D eigenvalue weighted by molar-refractivity contribution is 0.0836. The zero-order chi connectivity index (χ0) is 10.8. The zero-order valence-corrected chi connectivity index (χ0v) is 8.70. The molecular weight excluding hydrogens is 188 g/mol. The third-order valence-electron chi connectivity index (χ3n) is 2.83. The van der Waals surface area contributed by atoms with Gasteiger partial charge in [-0.1, -0.05) is 0 Å². The number of aliphatic hydroxyl groups excluding tert-OH is 1. The van der Waals surface area contributed by atoms with Crippen molar-refractivity contribution >= 4 is 5.69 Å². The van der Waals surface area contributed by atoms with E-state index in [1.807, 2.05) is 25.1 Å². The highest BCUT2D eigenvalue weighted by Gasteiger charge is 2.26. The number of hydrogen-bond donors (Lipinski definition) is 2. The van der Waals surface area contributed by atoms with Gasteiger partial charge in [-0.2, -0.15) is 5.26 Å². The number of anilines is 1. The lowest BCUT2D eigenvalue weighted by atomic mass is 9.89. The summed E-state index contributed by atoms with van der Waals surface area (Å²) in [6.07, 6.45) is 1.50. The molecule has 2 rings (SSSR count). The third-order valence-corrected chi connectivity index (χ3v) is 2.83. The molecule has 0 aliphatic heterocycles. The Morgan fingerprint density at radius 3 is 2.73 bits per heavy atom. The molecule has 0 amide bonds. The van der Waals surface area contributed by atoms with Crippen molar-refractivity contribution in [2.45, 2.75) is 31.9 Å². The summed E-state index contributed by atoms with van der Waals surface area (Å²) in [6, 6.07) is 8.24. The van der Waals surface area contributed by atoms with Crippen LogP contribution in [0.15, 0.2) is 18.2 Å². The average Bonchev–Trinajstić information content (AvgIpc) is 2.16. The summed E-state index contributed by atoms with van der Waals surface area (Å²) in [5, 5.41) is 21.3. The molecule has 0 heterocycles. The molecule has 1 aliphatic carbocycles. The van der Waals surface area contributed by atoms with Gasteiger partial charge in [0.2, 0.25) is 0 Å². The second-order valence-corrected chi connectivity index (χ2v) is 4.11. The van der Waals surface area contributed by atoms with E-state index in [2.05, 4.69) is 11.4 Å². The molecule has 1 aromatic carbocycles. The molecule has 0 saturated heterocycles. The fourth-order valence-electron chi connectivity index (χ4n) is 1.82. The Labute approximate surface area is 89.4 Å². The van der Waals surface area contributed by atoms with Gasteiger partial charge in [-0.3, -0.25) is 0 Å². The van der Waals surface area contributed by atoms with Crippen LogP contribution in [0.4, 0.5) is 5.69 Å². The molecule has 78 valence electrons. The van der Waals surface area contributed by atoms with Crippen molar-refractivity contribution < 1.29 is 5.11 Å². The van der Waals surface area contributed by atoms with E-state index in [1.54, 1.807) is 0 Å². The molecule has 3 nitrogen and oxygen atoms in total. The van der Waals surface area contributed by atoms with Gasteiger partial charge in [0.25, 0.3) is 0 Å². The van der Waals surface area contributed by atoms with Crippen molar-refractivity contribution in [2.24, 2.45) is 0 Å². The molecule has 1 aromatic rings. The summed E-state index contributed by atoms with van der Waals surface area (Å²) in [5.74, 6) is 0. The number of hydrogen-bond acceptors (Lipinski definition) is 3. The van der Waals surface area contributed by atoms with Crippen LogP contribution in [0.25, 0.3) is 0 Å². The molecular formula is C12H14N2O. The Morgan fingerprint density at radius 2 is 2.20 bits per heavy atom. The van der Waals surface area contributed by atoms with Gasteiger partial charge in [-0.05, 0) is 43.5 Å². The van der Waals surface area contributed by atoms with Gasteiger partial charge < -0.3 is 10.4 Å². The normalized spacial score (nSPS) is 24.1. The van der Waals surface area contributed by atoms with Crippen molar-refractivity contribution in [1.82, 2.24) is 0 Å². The van der Waals surface area contributed by atoms with E-state index in [9.17, 15) is 0 Å². The van der Waals surface area contributed by atoms with E-state index in [4.69, 9.17) is 10.4 Å². The first-order valence-corrected chi connectivity index (χ1v) is 5.14. The first kappa shape index (κ1) is 10.0. The topological polar surface area (TPSA) is 56.0 Å². The maximum Gasteiger partial charge on any atom is 0.0994 e. The summed E-state index contributed by atoms with van der Waals surface area (Å²) in [5.41, 5.74) is 2.74. The molecule has 1 saturated carbocycles. The summed E-state index contributed by atoms with van der Waals surface area (Å²) in [6.45, 7) is 1.93. The minimum absolute atomic E-state index is 0.137. The summed E-state index contributed by atoms with van der Waals surface area (Å²) >= 11 is 0. The molecule has 3 heteroatoms. The van der Waals surface area contributed by atoms with Gasteiger partial charge in [-0.25, -0.2) is 0 Å². The van der Waals surface area contributed by atoms with E-state index < -0.39 is 0 Å². The van der Waals surface area contributed by atoms with E-state index in [0.717, 1.165) is 24.1 Å². The predicted octanol–water partition coefficient (Wildman–Crippen LogP) is 1.80. The Kier molecular flexibility index (Phi) is 2.61. The van der Waals surface area contributed by atoms with Crippen LogP contribution in [-0.2, 0) is 0 Å². The highest BCUT2D eigenvalue weighted by Crippen LogP contribution is 2.24. The number of nitrogens with zero attached hydrogens (tertiary/aromatic N) is 1. The molecule has 0 bridgehead atoms. The minimum atomic E-state index is -0.137. The van der Waals surface area contributed by atoms with Crippen molar-refractivity contribution in [1.29, 1.82) is 5.26 Å². The largest absolute Gasteiger partial charge is 0.393 e. The highest BCUT2D eigenvalue weighted by molar-refractivity contribution is 5.52. The maximum absolute atomic E-state index is 9.15. The van der Waals surface area contributed by atoms with E-state index in [1.165, 1.54) is 0 Å². The molecule has 0 atom stereocenters. The maximum atomic E-state index is 9.15. The van der Waals surface area contributed by atoms with E-state index >= 15 is 0 Å². The Morgan fingerprint density at radius 1 is 1.47 bits per heavy atom. The molecule has 0 unspecified atom stereocenters. The molecule has 1 aliphatic rings. The SMILES string of the molecule is Cc1cc(NC2CC(O)C2)ccc1C#N. The van der Waals surface area contributed by atoms with E-state index in [-0.39, 0.29) is 6.10 Å². The fourth-order valence-corrected chi connectivity index (χ4v) is 1.82. The lowest BCUT2D eigenvalue weighted by Gasteiger charge is -2.32. The van der Waals surface area contributed by atoms with Crippen LogP contribution in [0.1, 0.15) is 24.0 Å². The Bertz CT molecular complexity index is 403. The highest BCUT2D eigenvalue weighted by atomic mass is 16.3. The Balaban J connectivity index is 2.04. The quantitative estimate of drug-likeness (QED) is 0.768. The van der Waals surface area contributed by atoms with Crippen LogP contribution < -0.4 is 5.32 Å². The monoisotopic (exact) mass is 202 g/mol. The van der Waals surface area contributed by atoms with Crippen LogP contribution in [0.5, 0.6) is 0 Å². The minimum Gasteiger partial charge on any atom is -0.393 e. The first-order valence-electron chi connectivity index (χ1n) is 5.14. The Hall–Kier alpha value is -1.53. The van der Waals surface area contributed by atoms with Gasteiger partial charge in [0, 0.05) is 11.7 Å². The van der Waals surface area contributed by atoms with E-state index in [0.29, 0.717) is 11.6 Å². The standard InChI is InChI=1S/C12H14N2O/c1-8-4-10(3-2-9(8)7-13)14-11-5-12(15)6-11/h2-4,11-12,14-15H,5-6H2,1H3. The zero-order valence-electron chi connectivity index (χ0n) is 8.70. The van der Waals surface area contributed by atoms with Crippen molar-refractivity contribution in [3.63, 3.8) is 0 Å². The number of aryl methyl sites for hydroxylation is 1. The molecule has 15 heavy (non-hydrogen) atoms. The van der Waals surface area contributed by atoms with Crippen LogP contribution in [0.3, 0.4) is 0 Å². The van der Waals surface area contributed by atoms with Gasteiger partial charge >= 0.3 is 0 Å². The first-order chi connectivity index (χ1) is 7.19. The average molecular weight is 202 g/mol. The van der Waals surface area contributed by atoms with Crippen LogP contribution in [0, 0.1) is 18.3 Å². The van der Waals surface area contributed by atoms with Crippen LogP contribution >= 0.6 is 0 Å². The molecule has 0 aromatic heterocycles. The summed E-state index contributed by atoms with van der Waals surface area (Å²) < 4.78 is 0.